The molecule has 1 aliphatic heterocycles. The Morgan fingerprint density at radius 1 is 1.30 bits per heavy atom. The van der Waals surface area contributed by atoms with Gasteiger partial charge in [-0.3, -0.25) is 9.69 Å². The number of carbonyl (C=O) groups is 1. The average Bonchev–Trinajstić information content (AvgIpc) is 3.03. The molecule has 3 rings (SSSR count). The summed E-state index contributed by atoms with van der Waals surface area (Å²) in [5, 5.41) is 3.85. The molecule has 7 nitrogen and oxygen atoms in total. The van der Waals surface area contributed by atoms with Crippen molar-refractivity contribution in [3.63, 3.8) is 0 Å². The first-order valence-electron chi connectivity index (χ1n) is 7.88. The molecule has 1 amide bonds. The minimum absolute atomic E-state index is 0.0292. The third-order valence-electron chi connectivity index (χ3n) is 4.16. The van der Waals surface area contributed by atoms with Gasteiger partial charge in [0, 0.05) is 26.6 Å². The fourth-order valence-corrected chi connectivity index (χ4v) is 3.01. The summed E-state index contributed by atoms with van der Waals surface area (Å²) >= 11 is 0. The molecule has 1 saturated heterocycles. The van der Waals surface area contributed by atoms with Gasteiger partial charge in [0.05, 0.1) is 6.54 Å². The Morgan fingerprint density at radius 2 is 2.13 bits per heavy atom. The predicted molar refractivity (Wildman–Crippen MR) is 82.5 cm³/mol. The van der Waals surface area contributed by atoms with Crippen molar-refractivity contribution in [3.05, 3.63) is 35.4 Å². The number of furan rings is 1. The molecule has 0 radical (unpaired) electrons. The predicted octanol–water partition coefficient (Wildman–Crippen LogP) is 2.07. The zero-order valence-corrected chi connectivity index (χ0v) is 13.8. The zero-order chi connectivity index (χ0) is 16.4. The van der Waals surface area contributed by atoms with Crippen LogP contribution in [0.2, 0.25) is 0 Å². The second-order valence-corrected chi connectivity index (χ2v) is 5.99. The van der Waals surface area contributed by atoms with E-state index in [9.17, 15) is 4.79 Å². The van der Waals surface area contributed by atoms with Gasteiger partial charge in [-0.2, -0.15) is 4.98 Å². The molecule has 2 aromatic rings. The molecule has 3 heterocycles. The molecule has 1 unspecified atom stereocenters. The lowest BCUT2D eigenvalue weighted by molar-refractivity contribution is -0.131. The second-order valence-electron chi connectivity index (χ2n) is 5.99. The van der Waals surface area contributed by atoms with Crippen molar-refractivity contribution in [3.8, 4) is 0 Å². The van der Waals surface area contributed by atoms with Crippen LogP contribution in [0.1, 0.15) is 42.6 Å². The van der Waals surface area contributed by atoms with Crippen LogP contribution >= 0.6 is 0 Å². The molecule has 1 atom stereocenters. The van der Waals surface area contributed by atoms with Gasteiger partial charge in [0.15, 0.2) is 5.82 Å². The van der Waals surface area contributed by atoms with Crippen molar-refractivity contribution < 1.29 is 13.7 Å². The smallest absolute Gasteiger partial charge is 0.249 e. The van der Waals surface area contributed by atoms with E-state index in [0.29, 0.717) is 18.3 Å². The van der Waals surface area contributed by atoms with Gasteiger partial charge in [-0.15, -0.1) is 0 Å². The van der Waals surface area contributed by atoms with Crippen LogP contribution in [0.25, 0.3) is 0 Å². The highest BCUT2D eigenvalue weighted by atomic mass is 16.5. The molecule has 0 spiro atoms. The number of carbonyl (C=O) groups excluding carboxylic acids is 1. The first kappa shape index (κ1) is 15.7. The summed E-state index contributed by atoms with van der Waals surface area (Å²) in [7, 11) is 0. The van der Waals surface area contributed by atoms with Crippen molar-refractivity contribution in [1.82, 2.24) is 19.9 Å². The Labute approximate surface area is 135 Å². The van der Waals surface area contributed by atoms with Crippen molar-refractivity contribution in [1.29, 1.82) is 0 Å². The highest BCUT2D eigenvalue weighted by Gasteiger charge is 2.31. The monoisotopic (exact) mass is 318 g/mol. The maximum atomic E-state index is 12.0. The normalized spacial score (nSPS) is 19.8. The molecule has 1 aliphatic rings. The maximum Gasteiger partial charge on any atom is 0.249 e. The topological polar surface area (TPSA) is 75.6 Å². The Kier molecular flexibility index (Phi) is 4.47. The van der Waals surface area contributed by atoms with Crippen molar-refractivity contribution >= 4 is 5.91 Å². The molecular formula is C16H22N4O3. The fraction of sp³-hybridized carbons (Fsp3) is 0.562. The molecule has 0 saturated carbocycles. The Morgan fingerprint density at radius 3 is 2.74 bits per heavy atom. The Hall–Kier alpha value is -2.15. The third-order valence-corrected chi connectivity index (χ3v) is 4.16. The number of rotatable bonds is 3. The lowest BCUT2D eigenvalue weighted by atomic mass is 10.1. The van der Waals surface area contributed by atoms with E-state index < -0.39 is 0 Å². The van der Waals surface area contributed by atoms with Gasteiger partial charge in [-0.25, -0.2) is 0 Å². The van der Waals surface area contributed by atoms with Gasteiger partial charge in [-0.1, -0.05) is 5.16 Å². The average molecular weight is 318 g/mol. The van der Waals surface area contributed by atoms with Crippen LogP contribution in [0.3, 0.4) is 0 Å². The van der Waals surface area contributed by atoms with Crippen LogP contribution in [0.5, 0.6) is 0 Å². The van der Waals surface area contributed by atoms with Crippen LogP contribution in [-0.4, -0.2) is 45.5 Å². The Bertz CT molecular complexity index is 678. The quantitative estimate of drug-likeness (QED) is 0.862. The van der Waals surface area contributed by atoms with Crippen LogP contribution in [0.4, 0.5) is 0 Å². The summed E-state index contributed by atoms with van der Waals surface area (Å²) in [6.07, 6.45) is 0.765. The van der Waals surface area contributed by atoms with E-state index in [4.69, 9.17) is 8.94 Å². The summed E-state index contributed by atoms with van der Waals surface area (Å²) in [6.45, 7) is 8.33. The van der Waals surface area contributed by atoms with E-state index in [2.05, 4.69) is 15.0 Å². The minimum Gasteiger partial charge on any atom is -0.465 e. The number of hydrogen-bond acceptors (Lipinski definition) is 6. The zero-order valence-electron chi connectivity index (χ0n) is 13.8. The molecule has 23 heavy (non-hydrogen) atoms. The minimum atomic E-state index is -0.156. The van der Waals surface area contributed by atoms with Crippen molar-refractivity contribution in [2.45, 2.75) is 39.8 Å². The number of amides is 1. The van der Waals surface area contributed by atoms with E-state index in [1.165, 1.54) is 0 Å². The summed E-state index contributed by atoms with van der Waals surface area (Å²) in [5.74, 6) is 3.01. The van der Waals surface area contributed by atoms with Gasteiger partial charge in [0.2, 0.25) is 11.8 Å². The molecule has 0 N–H and O–H groups in total. The largest absolute Gasteiger partial charge is 0.465 e. The summed E-state index contributed by atoms with van der Waals surface area (Å²) < 4.78 is 11.0. The number of hydrogen-bond donors (Lipinski definition) is 0. The molecule has 7 heteroatoms. The van der Waals surface area contributed by atoms with E-state index in [1.807, 2.05) is 24.0 Å². The fourth-order valence-electron chi connectivity index (χ4n) is 3.01. The van der Waals surface area contributed by atoms with Gasteiger partial charge < -0.3 is 13.8 Å². The maximum absolute atomic E-state index is 12.0. The van der Waals surface area contributed by atoms with Crippen LogP contribution in [-0.2, 0) is 11.3 Å². The van der Waals surface area contributed by atoms with Gasteiger partial charge >= 0.3 is 0 Å². The van der Waals surface area contributed by atoms with E-state index in [1.54, 1.807) is 13.8 Å². The first-order chi connectivity index (χ1) is 11.0. The van der Waals surface area contributed by atoms with Gasteiger partial charge in [-0.05, 0) is 32.4 Å². The summed E-state index contributed by atoms with van der Waals surface area (Å²) in [6, 6.07) is 3.82. The summed E-state index contributed by atoms with van der Waals surface area (Å²) in [5.41, 5.74) is 0. The molecule has 2 aromatic heterocycles. The van der Waals surface area contributed by atoms with E-state index >= 15 is 0 Å². The highest BCUT2D eigenvalue weighted by molar-refractivity contribution is 5.73. The number of aromatic nitrogens is 2. The van der Waals surface area contributed by atoms with E-state index in [0.717, 1.165) is 37.6 Å². The molecule has 1 fully saturated rings. The lowest BCUT2D eigenvalue weighted by Gasteiger charge is -2.25. The molecule has 0 bridgehead atoms. The van der Waals surface area contributed by atoms with Crippen molar-refractivity contribution in [2.75, 3.05) is 19.6 Å². The first-order valence-corrected chi connectivity index (χ1v) is 7.88. The van der Waals surface area contributed by atoms with E-state index in [-0.39, 0.29) is 11.9 Å². The second kappa shape index (κ2) is 6.54. The molecule has 0 aliphatic carbocycles. The summed E-state index contributed by atoms with van der Waals surface area (Å²) in [4.78, 5) is 20.4. The van der Waals surface area contributed by atoms with Crippen molar-refractivity contribution in [2.24, 2.45) is 0 Å². The third kappa shape index (κ3) is 3.61. The van der Waals surface area contributed by atoms with Gasteiger partial charge in [0.25, 0.3) is 0 Å². The number of nitrogens with zero attached hydrogens (tertiary/aromatic N) is 4. The lowest BCUT2D eigenvalue weighted by Crippen LogP contribution is -2.35. The standard InChI is InChI=1S/C16H22N4O3/c1-11-4-5-14(22-11)10-19-7-6-15(16-17-12(2)18-23-16)20(9-8-19)13(3)21/h4-5,15H,6-10H2,1-3H3. The van der Waals surface area contributed by atoms with Crippen LogP contribution < -0.4 is 0 Å². The van der Waals surface area contributed by atoms with Crippen LogP contribution in [0, 0.1) is 13.8 Å². The number of aryl methyl sites for hydroxylation is 2. The van der Waals surface area contributed by atoms with Crippen LogP contribution in [0.15, 0.2) is 21.1 Å². The molecule has 124 valence electrons. The molecular weight excluding hydrogens is 296 g/mol. The van der Waals surface area contributed by atoms with Gasteiger partial charge in [0.1, 0.15) is 17.6 Å². The molecule has 0 aromatic carbocycles. The Balaban J connectivity index is 1.73. The SMILES string of the molecule is CC(=O)N1CCN(Cc2ccc(C)o2)CCC1c1nc(C)no1. The highest BCUT2D eigenvalue weighted by Crippen LogP contribution is 2.26.